The molecule has 0 bridgehead atoms. The molecule has 1 saturated heterocycles. The summed E-state index contributed by atoms with van der Waals surface area (Å²) in [5.41, 5.74) is 4.02. The van der Waals surface area contributed by atoms with Crippen LogP contribution in [0, 0.1) is 22.7 Å². The molecule has 1 aliphatic heterocycles. The zero-order valence-electron chi connectivity index (χ0n) is 22.8. The van der Waals surface area contributed by atoms with Crippen molar-refractivity contribution in [3.8, 4) is 22.7 Å². The minimum absolute atomic E-state index is 0.227. The molecule has 3 heterocycles. The molecule has 40 heavy (non-hydrogen) atoms. The Kier molecular flexibility index (Phi) is 10.3. The van der Waals surface area contributed by atoms with Crippen molar-refractivity contribution in [2.24, 2.45) is 0 Å². The van der Waals surface area contributed by atoms with Crippen LogP contribution < -0.4 is 5.32 Å². The predicted octanol–water partition coefficient (Wildman–Crippen LogP) is 8.23. The van der Waals surface area contributed by atoms with E-state index in [2.05, 4.69) is 27.7 Å². The maximum atomic E-state index is 10.3. The quantitative estimate of drug-likeness (QED) is 0.188. The molecule has 0 spiro atoms. The summed E-state index contributed by atoms with van der Waals surface area (Å²) in [7, 11) is 0. The number of likely N-dealkylation sites (tertiary alicyclic amines) is 1. The second-order valence-corrected chi connectivity index (χ2v) is 12.9. The van der Waals surface area contributed by atoms with Crippen LogP contribution in [0.2, 0.25) is 5.02 Å². The van der Waals surface area contributed by atoms with Crippen LogP contribution in [-0.2, 0) is 5.75 Å². The zero-order valence-corrected chi connectivity index (χ0v) is 25.2. The van der Waals surface area contributed by atoms with Gasteiger partial charge >= 0.3 is 0 Å². The Bertz CT molecular complexity index is 1360. The van der Waals surface area contributed by atoms with E-state index in [9.17, 15) is 10.5 Å². The van der Waals surface area contributed by atoms with Gasteiger partial charge in [0, 0.05) is 28.3 Å². The molecule has 0 radical (unpaired) electrons. The minimum atomic E-state index is 0.227. The van der Waals surface area contributed by atoms with Gasteiger partial charge < -0.3 is 10.2 Å². The summed E-state index contributed by atoms with van der Waals surface area (Å²) >= 11 is 9.19. The molecule has 208 valence electrons. The van der Waals surface area contributed by atoms with E-state index in [1.54, 1.807) is 23.1 Å². The number of rotatable bonds is 10. The summed E-state index contributed by atoms with van der Waals surface area (Å²) in [6.45, 7) is 4.18. The number of nitrogens with zero attached hydrogens (tertiary/aromatic N) is 5. The van der Waals surface area contributed by atoms with E-state index in [4.69, 9.17) is 21.6 Å². The highest BCUT2D eigenvalue weighted by Gasteiger charge is 2.28. The van der Waals surface area contributed by atoms with Gasteiger partial charge in [-0.1, -0.05) is 61.2 Å². The van der Waals surface area contributed by atoms with E-state index >= 15 is 0 Å². The fourth-order valence-electron chi connectivity index (χ4n) is 5.77. The number of piperidine rings is 1. The Labute approximate surface area is 250 Å². The van der Waals surface area contributed by atoms with Crippen LogP contribution in [0.15, 0.2) is 34.7 Å². The van der Waals surface area contributed by atoms with E-state index in [0.717, 1.165) is 67.0 Å². The summed E-state index contributed by atoms with van der Waals surface area (Å²) < 4.78 is 0. The summed E-state index contributed by atoms with van der Waals surface area (Å²) in [5, 5.41) is 28.5. The Balaban J connectivity index is 1.37. The lowest BCUT2D eigenvalue weighted by molar-refractivity contribution is 0.228. The molecule has 2 aromatic heterocycles. The second kappa shape index (κ2) is 14.3. The van der Waals surface area contributed by atoms with E-state index in [-0.39, 0.29) is 5.92 Å². The molecule has 1 aliphatic carbocycles. The highest BCUT2D eigenvalue weighted by molar-refractivity contribution is 7.98. The van der Waals surface area contributed by atoms with Crippen molar-refractivity contribution in [1.29, 1.82) is 10.5 Å². The van der Waals surface area contributed by atoms with Crippen LogP contribution >= 0.6 is 34.7 Å². The van der Waals surface area contributed by atoms with Crippen LogP contribution in [-0.4, -0.2) is 41.0 Å². The number of hydrogen-bond donors (Lipinski definition) is 1. The maximum absolute atomic E-state index is 10.3. The third-order valence-corrected chi connectivity index (χ3v) is 10.0. The van der Waals surface area contributed by atoms with Gasteiger partial charge in [0.2, 0.25) is 0 Å². The summed E-state index contributed by atoms with van der Waals surface area (Å²) in [5.74, 6) is 1.46. The van der Waals surface area contributed by atoms with Crippen molar-refractivity contribution in [2.45, 2.75) is 74.5 Å². The topological polar surface area (TPSA) is 88.6 Å². The lowest BCUT2D eigenvalue weighted by Crippen LogP contribution is -2.31. The molecule has 3 aromatic rings. The number of nitrogens with one attached hydrogen (secondary N) is 1. The van der Waals surface area contributed by atoms with Crippen molar-refractivity contribution in [3.63, 3.8) is 0 Å². The number of benzene rings is 1. The van der Waals surface area contributed by atoms with Gasteiger partial charge in [-0.05, 0) is 75.4 Å². The highest BCUT2D eigenvalue weighted by Crippen LogP contribution is 2.41. The number of anilines is 1. The SMILES string of the molecule is N#Cc1c(NCCCN2CCCCC2)nc(SCc2csc(-c3ccc(Cl)cc3)n2)c(C#N)c1C1CCCCC1. The summed E-state index contributed by atoms with van der Waals surface area (Å²) in [6, 6.07) is 12.6. The normalized spacial score (nSPS) is 16.4. The van der Waals surface area contributed by atoms with Crippen LogP contribution in [0.3, 0.4) is 0 Å². The minimum Gasteiger partial charge on any atom is -0.369 e. The van der Waals surface area contributed by atoms with Gasteiger partial charge in [0.25, 0.3) is 0 Å². The van der Waals surface area contributed by atoms with Crippen LogP contribution in [0.1, 0.15) is 86.1 Å². The molecule has 2 aliphatic rings. The standard InChI is InChI=1S/C31H35ClN6S2/c32-24-12-10-23(11-13-24)30-36-25(20-39-30)21-40-31-27(19-34)28(22-8-3-1-4-9-22)26(18-33)29(37-31)35-14-7-17-38-15-5-2-6-16-38/h10-13,20,22H,1-9,14-17,21H2,(H,35,37). The molecule has 6 nitrogen and oxygen atoms in total. The molecule has 1 aromatic carbocycles. The van der Waals surface area contributed by atoms with Crippen molar-refractivity contribution in [3.05, 3.63) is 57.1 Å². The first-order valence-corrected chi connectivity index (χ1v) is 16.6. The molecular weight excluding hydrogens is 556 g/mol. The summed E-state index contributed by atoms with van der Waals surface area (Å²) in [4.78, 5) is 12.3. The Morgan fingerprint density at radius 1 is 0.975 bits per heavy atom. The van der Waals surface area contributed by atoms with Crippen molar-refractivity contribution < 1.29 is 0 Å². The Morgan fingerprint density at radius 3 is 2.42 bits per heavy atom. The smallest absolute Gasteiger partial charge is 0.145 e. The number of thioether (sulfide) groups is 1. The first-order valence-electron chi connectivity index (χ1n) is 14.3. The third-order valence-electron chi connectivity index (χ3n) is 7.83. The Hall–Kier alpha value is -2.62. The van der Waals surface area contributed by atoms with Gasteiger partial charge in [-0.15, -0.1) is 11.3 Å². The molecule has 0 amide bonds. The molecule has 0 unspecified atom stereocenters. The van der Waals surface area contributed by atoms with Crippen LogP contribution in [0.25, 0.3) is 10.6 Å². The van der Waals surface area contributed by atoms with Gasteiger partial charge in [0.1, 0.15) is 28.0 Å². The molecule has 0 atom stereocenters. The highest BCUT2D eigenvalue weighted by atomic mass is 35.5. The number of hydrogen-bond acceptors (Lipinski definition) is 8. The van der Waals surface area contributed by atoms with Crippen molar-refractivity contribution >= 4 is 40.5 Å². The van der Waals surface area contributed by atoms with Crippen molar-refractivity contribution in [1.82, 2.24) is 14.9 Å². The zero-order chi connectivity index (χ0) is 27.7. The largest absolute Gasteiger partial charge is 0.369 e. The van der Waals surface area contributed by atoms with E-state index in [1.807, 2.05) is 24.3 Å². The van der Waals surface area contributed by atoms with E-state index in [1.165, 1.54) is 38.8 Å². The number of halogens is 1. The van der Waals surface area contributed by atoms with Crippen molar-refractivity contribution in [2.75, 3.05) is 31.5 Å². The second-order valence-electron chi connectivity index (χ2n) is 10.6. The van der Waals surface area contributed by atoms with Crippen LogP contribution in [0.4, 0.5) is 5.82 Å². The number of aromatic nitrogens is 2. The molecular formula is C31H35ClN6S2. The maximum Gasteiger partial charge on any atom is 0.145 e. The average molecular weight is 591 g/mol. The van der Waals surface area contributed by atoms with Gasteiger partial charge in [0.05, 0.1) is 16.8 Å². The fraction of sp³-hybridized carbons (Fsp3) is 0.484. The van der Waals surface area contributed by atoms with Gasteiger partial charge in [0.15, 0.2) is 0 Å². The van der Waals surface area contributed by atoms with Crippen LogP contribution in [0.5, 0.6) is 0 Å². The third kappa shape index (κ3) is 7.17. The van der Waals surface area contributed by atoms with E-state index < -0.39 is 0 Å². The predicted molar refractivity (Wildman–Crippen MR) is 165 cm³/mol. The molecule has 1 N–H and O–H groups in total. The number of nitriles is 2. The molecule has 9 heteroatoms. The van der Waals surface area contributed by atoms with Gasteiger partial charge in [-0.3, -0.25) is 0 Å². The fourth-order valence-corrected chi connectivity index (χ4v) is 7.71. The average Bonchev–Trinajstić information content (AvgIpc) is 3.48. The number of pyridine rings is 1. The van der Waals surface area contributed by atoms with E-state index in [0.29, 0.717) is 32.7 Å². The molecule has 2 fully saturated rings. The first kappa shape index (κ1) is 28.9. The summed E-state index contributed by atoms with van der Waals surface area (Å²) in [6.07, 6.45) is 10.4. The Morgan fingerprint density at radius 2 is 1.70 bits per heavy atom. The first-order chi connectivity index (χ1) is 19.7. The van der Waals surface area contributed by atoms with Gasteiger partial charge in [-0.25, -0.2) is 9.97 Å². The molecule has 1 saturated carbocycles. The lowest BCUT2D eigenvalue weighted by atomic mass is 9.80. The monoisotopic (exact) mass is 590 g/mol. The lowest BCUT2D eigenvalue weighted by Gasteiger charge is -2.27. The number of thiazole rings is 1. The van der Waals surface area contributed by atoms with Gasteiger partial charge in [-0.2, -0.15) is 10.5 Å². The molecule has 5 rings (SSSR count).